The van der Waals surface area contributed by atoms with Crippen molar-refractivity contribution in [1.29, 1.82) is 0 Å². The van der Waals surface area contributed by atoms with Gasteiger partial charge >= 0.3 is 4.90 Å². The van der Waals surface area contributed by atoms with Gasteiger partial charge in [0.2, 0.25) is 0 Å². The summed E-state index contributed by atoms with van der Waals surface area (Å²) in [6.07, 6.45) is 0. The number of rotatable bonds is 1. The lowest BCUT2D eigenvalue weighted by Crippen LogP contribution is -1.81. The summed E-state index contributed by atoms with van der Waals surface area (Å²) in [5, 5.41) is 0. The number of ether oxygens (including phenoxy) is 1. The van der Waals surface area contributed by atoms with Gasteiger partial charge in [0.05, 0.1) is 11.6 Å². The van der Waals surface area contributed by atoms with E-state index in [2.05, 4.69) is 15.9 Å². The molecular formula is C8H5BrO3S. The fraction of sp³-hybridized carbons (Fsp3) is 0.125. The molecule has 3 nitrogen and oxygen atoms in total. The summed E-state index contributed by atoms with van der Waals surface area (Å²) < 4.78 is 16.1. The van der Waals surface area contributed by atoms with Crippen molar-refractivity contribution in [2.24, 2.45) is 0 Å². The molecule has 1 aromatic carbocycles. The molecule has 0 fully saturated rings. The first-order valence-electron chi connectivity index (χ1n) is 3.48. The van der Waals surface area contributed by atoms with Crippen molar-refractivity contribution in [2.75, 3.05) is 7.11 Å². The van der Waals surface area contributed by atoms with Gasteiger partial charge in [-0.2, -0.15) is 0 Å². The van der Waals surface area contributed by atoms with Crippen LogP contribution >= 0.6 is 28.1 Å². The predicted molar refractivity (Wildman–Crippen MR) is 53.6 cm³/mol. The van der Waals surface area contributed by atoms with Crippen LogP contribution in [0.15, 0.2) is 25.4 Å². The molecular weight excluding hydrogens is 256 g/mol. The van der Waals surface area contributed by atoms with E-state index in [0.717, 1.165) is 4.47 Å². The SMILES string of the molecule is COc1cc(Br)c2oc(=S)oc2c1. The first-order chi connectivity index (χ1) is 6.20. The van der Waals surface area contributed by atoms with E-state index < -0.39 is 0 Å². The highest BCUT2D eigenvalue weighted by atomic mass is 79.9. The van der Waals surface area contributed by atoms with Gasteiger partial charge in [-0.15, -0.1) is 0 Å². The van der Waals surface area contributed by atoms with E-state index in [9.17, 15) is 0 Å². The maximum Gasteiger partial charge on any atom is 0.363 e. The maximum atomic E-state index is 5.14. The zero-order valence-corrected chi connectivity index (χ0v) is 9.07. The van der Waals surface area contributed by atoms with Crippen LogP contribution in [-0.2, 0) is 0 Å². The van der Waals surface area contributed by atoms with Gasteiger partial charge < -0.3 is 13.6 Å². The molecule has 0 amide bonds. The van der Waals surface area contributed by atoms with Crippen LogP contribution in [0.3, 0.4) is 0 Å². The molecule has 1 aromatic heterocycles. The Kier molecular flexibility index (Phi) is 2.13. The predicted octanol–water partition coefficient (Wildman–Crippen LogP) is 3.53. The molecule has 0 aliphatic rings. The lowest BCUT2D eigenvalue weighted by Gasteiger charge is -1.98. The van der Waals surface area contributed by atoms with Crippen LogP contribution in [0.5, 0.6) is 5.75 Å². The largest absolute Gasteiger partial charge is 0.497 e. The number of halogens is 1. The Bertz CT molecular complexity index is 500. The number of hydrogen-bond acceptors (Lipinski definition) is 4. The lowest BCUT2D eigenvalue weighted by molar-refractivity contribution is 0.414. The third-order valence-electron chi connectivity index (χ3n) is 1.60. The number of benzene rings is 1. The number of fused-ring (bicyclic) bond motifs is 1. The molecule has 68 valence electrons. The van der Waals surface area contributed by atoms with Gasteiger partial charge in [0.15, 0.2) is 11.2 Å². The Morgan fingerprint density at radius 3 is 2.85 bits per heavy atom. The molecule has 0 bridgehead atoms. The van der Waals surface area contributed by atoms with Crippen molar-refractivity contribution < 1.29 is 13.6 Å². The van der Waals surface area contributed by atoms with Crippen LogP contribution in [-0.4, -0.2) is 7.11 Å². The minimum atomic E-state index is 0.115. The van der Waals surface area contributed by atoms with Gasteiger partial charge in [0.1, 0.15) is 5.75 Å². The Balaban J connectivity index is 2.83. The summed E-state index contributed by atoms with van der Waals surface area (Å²) in [7, 11) is 1.59. The summed E-state index contributed by atoms with van der Waals surface area (Å²) in [5.74, 6) is 0.693. The summed E-state index contributed by atoms with van der Waals surface area (Å²) in [4.78, 5) is 0.115. The zero-order chi connectivity index (χ0) is 9.42. The molecule has 0 N–H and O–H groups in total. The molecule has 0 aliphatic carbocycles. The first-order valence-corrected chi connectivity index (χ1v) is 4.68. The molecule has 1 heterocycles. The third kappa shape index (κ3) is 1.49. The monoisotopic (exact) mass is 260 g/mol. The van der Waals surface area contributed by atoms with Crippen molar-refractivity contribution in [3.63, 3.8) is 0 Å². The maximum absolute atomic E-state index is 5.14. The molecule has 13 heavy (non-hydrogen) atoms. The fourth-order valence-electron chi connectivity index (χ4n) is 1.03. The summed E-state index contributed by atoms with van der Waals surface area (Å²) in [5.41, 5.74) is 1.18. The van der Waals surface area contributed by atoms with Crippen LogP contribution in [0.4, 0.5) is 0 Å². The normalized spacial score (nSPS) is 10.6. The smallest absolute Gasteiger partial charge is 0.363 e. The van der Waals surface area contributed by atoms with Crippen molar-refractivity contribution in [2.45, 2.75) is 0 Å². The van der Waals surface area contributed by atoms with Gasteiger partial charge in [-0.3, -0.25) is 0 Å². The van der Waals surface area contributed by atoms with Crippen LogP contribution < -0.4 is 4.74 Å². The molecule has 5 heteroatoms. The Morgan fingerprint density at radius 2 is 2.15 bits per heavy atom. The Labute approximate surface area is 87.4 Å². The average Bonchev–Trinajstić information content (AvgIpc) is 2.46. The van der Waals surface area contributed by atoms with Crippen LogP contribution in [0, 0.1) is 4.90 Å². The Morgan fingerprint density at radius 1 is 1.38 bits per heavy atom. The summed E-state index contributed by atoms with van der Waals surface area (Å²) in [6.45, 7) is 0. The van der Waals surface area contributed by atoms with Gasteiger partial charge in [0.25, 0.3) is 0 Å². The van der Waals surface area contributed by atoms with Crippen LogP contribution in [0.1, 0.15) is 0 Å². The minimum absolute atomic E-state index is 0.115. The molecule has 2 rings (SSSR count). The standard InChI is InChI=1S/C8H5BrO3S/c1-10-4-2-5(9)7-6(3-4)11-8(13)12-7/h2-3H,1H3. The molecule has 0 aliphatic heterocycles. The highest BCUT2D eigenvalue weighted by molar-refractivity contribution is 9.10. The molecule has 0 saturated carbocycles. The number of hydrogen-bond donors (Lipinski definition) is 0. The van der Waals surface area contributed by atoms with E-state index in [1.165, 1.54) is 0 Å². The van der Waals surface area contributed by atoms with E-state index in [0.29, 0.717) is 16.9 Å². The summed E-state index contributed by atoms with van der Waals surface area (Å²) in [6, 6.07) is 3.51. The topological polar surface area (TPSA) is 35.5 Å². The Hall–Kier alpha value is -0.810. The van der Waals surface area contributed by atoms with Crippen molar-refractivity contribution >= 4 is 39.3 Å². The van der Waals surface area contributed by atoms with E-state index in [1.54, 1.807) is 19.2 Å². The molecule has 0 radical (unpaired) electrons. The van der Waals surface area contributed by atoms with Gasteiger partial charge in [-0.1, -0.05) is 0 Å². The zero-order valence-electron chi connectivity index (χ0n) is 6.67. The van der Waals surface area contributed by atoms with E-state index in [4.69, 9.17) is 25.8 Å². The first kappa shape index (κ1) is 8.77. The second-order valence-electron chi connectivity index (χ2n) is 2.39. The molecule has 2 aromatic rings. The van der Waals surface area contributed by atoms with Crippen molar-refractivity contribution in [1.82, 2.24) is 0 Å². The van der Waals surface area contributed by atoms with Gasteiger partial charge in [0, 0.05) is 18.3 Å². The van der Waals surface area contributed by atoms with Gasteiger partial charge in [-0.05, 0) is 22.0 Å². The van der Waals surface area contributed by atoms with E-state index in [1.807, 2.05) is 0 Å². The number of methoxy groups -OCH3 is 1. The minimum Gasteiger partial charge on any atom is -0.497 e. The average molecular weight is 261 g/mol. The third-order valence-corrected chi connectivity index (χ3v) is 2.35. The molecule has 0 saturated heterocycles. The molecule has 0 spiro atoms. The lowest BCUT2D eigenvalue weighted by atomic mass is 10.3. The second kappa shape index (κ2) is 3.16. The molecule has 0 unspecified atom stereocenters. The van der Waals surface area contributed by atoms with Crippen molar-refractivity contribution in [3.05, 3.63) is 21.5 Å². The highest BCUT2D eigenvalue weighted by Crippen LogP contribution is 2.30. The molecule has 0 atom stereocenters. The van der Waals surface area contributed by atoms with E-state index in [-0.39, 0.29) is 4.90 Å². The quantitative estimate of drug-likeness (QED) is 0.735. The van der Waals surface area contributed by atoms with Crippen molar-refractivity contribution in [3.8, 4) is 5.75 Å². The van der Waals surface area contributed by atoms with E-state index >= 15 is 0 Å². The summed E-state index contributed by atoms with van der Waals surface area (Å²) >= 11 is 8.08. The second-order valence-corrected chi connectivity index (χ2v) is 3.58. The van der Waals surface area contributed by atoms with Crippen LogP contribution in [0.2, 0.25) is 0 Å². The van der Waals surface area contributed by atoms with Crippen LogP contribution in [0.25, 0.3) is 11.2 Å². The fourth-order valence-corrected chi connectivity index (χ4v) is 1.71. The highest BCUT2D eigenvalue weighted by Gasteiger charge is 2.08. The van der Waals surface area contributed by atoms with Gasteiger partial charge in [-0.25, -0.2) is 0 Å².